The molecule has 0 radical (unpaired) electrons. The Balaban J connectivity index is 2.16. The van der Waals surface area contributed by atoms with Crippen LogP contribution in [0.4, 0.5) is 4.79 Å². The highest BCUT2D eigenvalue weighted by molar-refractivity contribution is 7.08. The van der Waals surface area contributed by atoms with Crippen molar-refractivity contribution in [2.45, 2.75) is 26.4 Å². The Labute approximate surface area is 104 Å². The molecule has 0 spiro atoms. The summed E-state index contributed by atoms with van der Waals surface area (Å²) in [5.41, 5.74) is 1.47. The highest BCUT2D eigenvalue weighted by atomic mass is 32.1. The zero-order chi connectivity index (χ0) is 12.5. The van der Waals surface area contributed by atoms with E-state index in [0.717, 1.165) is 11.1 Å². The number of ether oxygens (including phenoxy) is 1. The molecule has 4 nitrogen and oxygen atoms in total. The molecule has 17 heavy (non-hydrogen) atoms. The molecular formula is C12H14N2O2S. The van der Waals surface area contributed by atoms with Crippen LogP contribution in [0.3, 0.4) is 0 Å². The van der Waals surface area contributed by atoms with Crippen molar-refractivity contribution >= 4 is 17.4 Å². The molecule has 0 saturated carbocycles. The molecule has 2 aromatic heterocycles. The fourth-order valence-electron chi connectivity index (χ4n) is 1.31. The number of carbonyl (C=O) groups excluding carboxylic acids is 1. The maximum absolute atomic E-state index is 11.7. The molecule has 0 amide bonds. The van der Waals surface area contributed by atoms with Gasteiger partial charge < -0.3 is 4.74 Å². The van der Waals surface area contributed by atoms with Gasteiger partial charge >= 0.3 is 6.09 Å². The molecule has 2 rings (SSSR count). The van der Waals surface area contributed by atoms with E-state index in [0.29, 0.717) is 0 Å². The van der Waals surface area contributed by atoms with E-state index in [1.54, 1.807) is 23.7 Å². The molecule has 5 heteroatoms. The first-order chi connectivity index (χ1) is 7.96. The Morgan fingerprint density at radius 3 is 2.76 bits per heavy atom. The average Bonchev–Trinajstić information content (AvgIpc) is 2.86. The smallest absolute Gasteiger partial charge is 0.435 e. The van der Waals surface area contributed by atoms with Gasteiger partial charge in [0.2, 0.25) is 0 Å². The Hall–Kier alpha value is -1.62. The Morgan fingerprint density at radius 2 is 2.18 bits per heavy atom. The van der Waals surface area contributed by atoms with Crippen LogP contribution in [0, 0.1) is 0 Å². The largest absolute Gasteiger partial charge is 0.442 e. The average molecular weight is 250 g/mol. The maximum atomic E-state index is 11.7. The van der Waals surface area contributed by atoms with Crippen LogP contribution in [-0.2, 0) is 4.74 Å². The summed E-state index contributed by atoms with van der Waals surface area (Å²) in [5, 5.41) is 8.00. The first-order valence-corrected chi connectivity index (χ1v) is 6.20. The summed E-state index contributed by atoms with van der Waals surface area (Å²) in [4.78, 5) is 11.7. The van der Waals surface area contributed by atoms with Crippen LogP contribution >= 0.6 is 11.3 Å². The van der Waals surface area contributed by atoms with Crippen LogP contribution in [0.25, 0.3) is 11.1 Å². The van der Waals surface area contributed by atoms with Crippen molar-refractivity contribution in [1.29, 1.82) is 0 Å². The predicted molar refractivity (Wildman–Crippen MR) is 67.2 cm³/mol. The number of carbonyl (C=O) groups is 1. The second-order valence-electron chi connectivity index (χ2n) is 4.67. The minimum Gasteiger partial charge on any atom is -0.442 e. The molecule has 90 valence electrons. The van der Waals surface area contributed by atoms with E-state index in [1.807, 2.05) is 37.6 Å². The Morgan fingerprint density at radius 1 is 1.41 bits per heavy atom. The number of thiophene rings is 1. The van der Waals surface area contributed by atoms with E-state index >= 15 is 0 Å². The van der Waals surface area contributed by atoms with Crippen molar-refractivity contribution in [1.82, 2.24) is 9.78 Å². The summed E-state index contributed by atoms with van der Waals surface area (Å²) in [6.07, 6.45) is 2.88. The van der Waals surface area contributed by atoms with Gasteiger partial charge in [-0.3, -0.25) is 0 Å². The van der Waals surface area contributed by atoms with E-state index in [1.165, 1.54) is 4.68 Å². The minimum atomic E-state index is -0.508. The molecule has 0 fully saturated rings. The number of rotatable bonds is 1. The van der Waals surface area contributed by atoms with Crippen LogP contribution in [-0.4, -0.2) is 21.5 Å². The molecule has 0 bridgehead atoms. The fourth-order valence-corrected chi connectivity index (χ4v) is 1.97. The third-order valence-corrected chi connectivity index (χ3v) is 2.70. The van der Waals surface area contributed by atoms with E-state index in [2.05, 4.69) is 5.10 Å². The molecule has 2 heterocycles. The molecule has 0 N–H and O–H groups in total. The monoisotopic (exact) mass is 250 g/mol. The predicted octanol–water partition coefficient (Wildman–Crippen LogP) is 3.39. The van der Waals surface area contributed by atoms with Crippen molar-refractivity contribution < 1.29 is 9.53 Å². The molecule has 0 aliphatic carbocycles. The molecule has 0 saturated heterocycles. The van der Waals surface area contributed by atoms with Gasteiger partial charge in [0.1, 0.15) is 5.60 Å². The molecule has 0 aromatic carbocycles. The van der Waals surface area contributed by atoms with Crippen LogP contribution in [0.5, 0.6) is 0 Å². The third-order valence-electron chi connectivity index (χ3n) is 2.02. The van der Waals surface area contributed by atoms with Crippen LogP contribution in [0.2, 0.25) is 0 Å². The zero-order valence-electron chi connectivity index (χ0n) is 10.0. The highest BCUT2D eigenvalue weighted by Gasteiger charge is 2.18. The quantitative estimate of drug-likeness (QED) is 0.779. The van der Waals surface area contributed by atoms with E-state index in [4.69, 9.17) is 4.74 Å². The van der Waals surface area contributed by atoms with Gasteiger partial charge in [0, 0.05) is 11.8 Å². The molecule has 0 atom stereocenters. The lowest BCUT2D eigenvalue weighted by atomic mass is 10.2. The SMILES string of the molecule is CC(C)(C)OC(=O)n1cc(-c2ccsc2)cn1. The third kappa shape index (κ3) is 2.94. The molecular weight excluding hydrogens is 236 g/mol. The molecule has 0 unspecified atom stereocenters. The second-order valence-corrected chi connectivity index (χ2v) is 5.45. The highest BCUT2D eigenvalue weighted by Crippen LogP contribution is 2.21. The van der Waals surface area contributed by atoms with Gasteiger partial charge in [-0.25, -0.2) is 4.79 Å². The lowest BCUT2D eigenvalue weighted by Crippen LogP contribution is -2.27. The van der Waals surface area contributed by atoms with Crippen molar-refractivity contribution in [2.24, 2.45) is 0 Å². The number of hydrogen-bond donors (Lipinski definition) is 0. The van der Waals surface area contributed by atoms with Gasteiger partial charge in [0.05, 0.1) is 6.20 Å². The van der Waals surface area contributed by atoms with E-state index < -0.39 is 11.7 Å². The van der Waals surface area contributed by atoms with Gasteiger partial charge in [0.15, 0.2) is 0 Å². The number of hydrogen-bond acceptors (Lipinski definition) is 4. The summed E-state index contributed by atoms with van der Waals surface area (Å²) < 4.78 is 6.44. The van der Waals surface area contributed by atoms with E-state index in [9.17, 15) is 4.79 Å². The number of nitrogens with zero attached hydrogens (tertiary/aromatic N) is 2. The fraction of sp³-hybridized carbons (Fsp3) is 0.333. The molecule has 2 aromatic rings. The van der Waals surface area contributed by atoms with Crippen LogP contribution in [0.15, 0.2) is 29.2 Å². The van der Waals surface area contributed by atoms with Gasteiger partial charge in [0.25, 0.3) is 0 Å². The minimum absolute atomic E-state index is 0.459. The normalized spacial score (nSPS) is 11.5. The zero-order valence-corrected chi connectivity index (χ0v) is 10.8. The van der Waals surface area contributed by atoms with Gasteiger partial charge in [-0.2, -0.15) is 21.1 Å². The summed E-state index contributed by atoms with van der Waals surface area (Å²) in [5.74, 6) is 0. The topological polar surface area (TPSA) is 44.1 Å². The first kappa shape index (κ1) is 11.9. The summed E-state index contributed by atoms with van der Waals surface area (Å²) >= 11 is 1.61. The second kappa shape index (κ2) is 4.33. The maximum Gasteiger partial charge on any atom is 0.435 e. The van der Waals surface area contributed by atoms with Crippen molar-refractivity contribution in [3.63, 3.8) is 0 Å². The van der Waals surface area contributed by atoms with Gasteiger partial charge in [-0.05, 0) is 43.2 Å². The van der Waals surface area contributed by atoms with Crippen molar-refractivity contribution in [3.05, 3.63) is 29.2 Å². The van der Waals surface area contributed by atoms with Crippen molar-refractivity contribution in [3.8, 4) is 11.1 Å². The summed E-state index contributed by atoms with van der Waals surface area (Å²) in [6.45, 7) is 5.48. The van der Waals surface area contributed by atoms with E-state index in [-0.39, 0.29) is 0 Å². The lowest BCUT2D eigenvalue weighted by molar-refractivity contribution is 0.0514. The Kier molecular flexibility index (Phi) is 3.02. The van der Waals surface area contributed by atoms with Crippen LogP contribution in [0.1, 0.15) is 20.8 Å². The first-order valence-electron chi connectivity index (χ1n) is 5.26. The van der Waals surface area contributed by atoms with Gasteiger partial charge in [-0.15, -0.1) is 0 Å². The summed E-state index contributed by atoms with van der Waals surface area (Å²) in [6, 6.07) is 1.99. The lowest BCUT2D eigenvalue weighted by Gasteiger charge is -2.18. The number of aromatic nitrogens is 2. The molecule has 0 aliphatic rings. The van der Waals surface area contributed by atoms with Crippen molar-refractivity contribution in [2.75, 3.05) is 0 Å². The van der Waals surface area contributed by atoms with Gasteiger partial charge in [-0.1, -0.05) is 0 Å². The van der Waals surface area contributed by atoms with Crippen LogP contribution < -0.4 is 0 Å². The summed E-state index contributed by atoms with van der Waals surface area (Å²) in [7, 11) is 0. The Bertz CT molecular complexity index is 509. The standard InChI is InChI=1S/C12H14N2O2S/c1-12(2,3)16-11(15)14-7-10(6-13-14)9-4-5-17-8-9/h4-8H,1-3H3. The molecule has 0 aliphatic heterocycles.